The highest BCUT2D eigenvalue weighted by atomic mass is 79.9. The molecule has 3 nitrogen and oxygen atoms in total. The SMILES string of the molecule is COc1cccc(OCCCOc2c(C)cc(C)cc2Br)c1. The van der Waals surface area contributed by atoms with Crippen molar-refractivity contribution < 1.29 is 14.2 Å². The number of ether oxygens (including phenoxy) is 3. The Hall–Kier alpha value is -1.68. The van der Waals surface area contributed by atoms with Crippen LogP contribution in [0.4, 0.5) is 0 Å². The molecule has 0 aromatic heterocycles. The Morgan fingerprint density at radius 2 is 1.68 bits per heavy atom. The largest absolute Gasteiger partial charge is 0.497 e. The van der Waals surface area contributed by atoms with E-state index in [0.29, 0.717) is 13.2 Å². The fraction of sp³-hybridized carbons (Fsp3) is 0.333. The fourth-order valence-corrected chi connectivity index (χ4v) is 2.99. The molecule has 0 heterocycles. The van der Waals surface area contributed by atoms with Crippen molar-refractivity contribution in [1.82, 2.24) is 0 Å². The minimum atomic E-state index is 0.607. The molecule has 0 bridgehead atoms. The minimum Gasteiger partial charge on any atom is -0.497 e. The molecular weight excluding hydrogens is 344 g/mol. The molecule has 0 unspecified atom stereocenters. The highest BCUT2D eigenvalue weighted by Gasteiger charge is 2.06. The van der Waals surface area contributed by atoms with Gasteiger partial charge in [0.15, 0.2) is 0 Å². The molecule has 0 N–H and O–H groups in total. The van der Waals surface area contributed by atoms with E-state index in [0.717, 1.165) is 33.7 Å². The van der Waals surface area contributed by atoms with Crippen LogP contribution in [0.25, 0.3) is 0 Å². The third-order valence-electron chi connectivity index (χ3n) is 3.22. The lowest BCUT2D eigenvalue weighted by Gasteiger charge is -2.12. The van der Waals surface area contributed by atoms with E-state index in [1.165, 1.54) is 5.56 Å². The van der Waals surface area contributed by atoms with E-state index in [2.05, 4.69) is 41.9 Å². The summed E-state index contributed by atoms with van der Waals surface area (Å²) in [7, 11) is 1.65. The molecule has 0 radical (unpaired) electrons. The summed E-state index contributed by atoms with van der Waals surface area (Å²) >= 11 is 3.55. The summed E-state index contributed by atoms with van der Waals surface area (Å²) in [6, 6.07) is 11.8. The molecule has 0 aliphatic carbocycles. The van der Waals surface area contributed by atoms with Gasteiger partial charge < -0.3 is 14.2 Å². The summed E-state index contributed by atoms with van der Waals surface area (Å²) in [6.07, 6.45) is 0.816. The van der Waals surface area contributed by atoms with Gasteiger partial charge in [-0.25, -0.2) is 0 Å². The van der Waals surface area contributed by atoms with Crippen LogP contribution < -0.4 is 14.2 Å². The molecule has 0 saturated heterocycles. The summed E-state index contributed by atoms with van der Waals surface area (Å²) in [5.74, 6) is 2.52. The van der Waals surface area contributed by atoms with E-state index < -0.39 is 0 Å². The molecule has 0 aliphatic rings. The van der Waals surface area contributed by atoms with Gasteiger partial charge in [0.05, 0.1) is 24.8 Å². The quantitative estimate of drug-likeness (QED) is 0.652. The average Bonchev–Trinajstić information content (AvgIpc) is 2.49. The second kappa shape index (κ2) is 8.08. The van der Waals surface area contributed by atoms with Crippen molar-refractivity contribution in [1.29, 1.82) is 0 Å². The molecule has 2 aromatic rings. The van der Waals surface area contributed by atoms with Crippen molar-refractivity contribution >= 4 is 15.9 Å². The first-order valence-electron chi connectivity index (χ1n) is 7.26. The Morgan fingerprint density at radius 1 is 0.955 bits per heavy atom. The highest BCUT2D eigenvalue weighted by Crippen LogP contribution is 2.30. The van der Waals surface area contributed by atoms with Gasteiger partial charge in [0.25, 0.3) is 0 Å². The Bertz CT molecular complexity index is 602. The number of aryl methyl sites for hydroxylation is 2. The summed E-state index contributed by atoms with van der Waals surface area (Å²) in [5, 5.41) is 0. The normalized spacial score (nSPS) is 10.4. The number of halogens is 1. The predicted molar refractivity (Wildman–Crippen MR) is 92.2 cm³/mol. The van der Waals surface area contributed by atoms with E-state index >= 15 is 0 Å². The minimum absolute atomic E-state index is 0.607. The number of methoxy groups -OCH3 is 1. The zero-order chi connectivity index (χ0) is 15.9. The molecule has 0 saturated carbocycles. The van der Waals surface area contributed by atoms with E-state index in [-0.39, 0.29) is 0 Å². The molecule has 0 atom stereocenters. The van der Waals surface area contributed by atoms with Crippen LogP contribution in [-0.4, -0.2) is 20.3 Å². The van der Waals surface area contributed by atoms with Gasteiger partial charge in [0, 0.05) is 12.5 Å². The zero-order valence-electron chi connectivity index (χ0n) is 13.2. The first-order valence-corrected chi connectivity index (χ1v) is 8.06. The van der Waals surface area contributed by atoms with Crippen molar-refractivity contribution in [3.63, 3.8) is 0 Å². The van der Waals surface area contributed by atoms with Crippen LogP contribution in [0.1, 0.15) is 17.5 Å². The maximum absolute atomic E-state index is 5.85. The second-order valence-corrected chi connectivity index (χ2v) is 5.98. The van der Waals surface area contributed by atoms with Crippen molar-refractivity contribution in [3.8, 4) is 17.2 Å². The van der Waals surface area contributed by atoms with Gasteiger partial charge in [0.2, 0.25) is 0 Å². The van der Waals surface area contributed by atoms with Gasteiger partial charge in [-0.3, -0.25) is 0 Å². The lowest BCUT2D eigenvalue weighted by Crippen LogP contribution is -2.06. The van der Waals surface area contributed by atoms with Gasteiger partial charge in [-0.1, -0.05) is 12.1 Å². The summed E-state index contributed by atoms with van der Waals surface area (Å²) in [6.45, 7) is 5.35. The highest BCUT2D eigenvalue weighted by molar-refractivity contribution is 9.10. The molecule has 2 rings (SSSR count). The van der Waals surface area contributed by atoms with Gasteiger partial charge in [-0.15, -0.1) is 0 Å². The van der Waals surface area contributed by atoms with Crippen LogP contribution in [0.2, 0.25) is 0 Å². The molecule has 118 valence electrons. The monoisotopic (exact) mass is 364 g/mol. The number of rotatable bonds is 7. The molecule has 2 aromatic carbocycles. The second-order valence-electron chi connectivity index (χ2n) is 5.12. The van der Waals surface area contributed by atoms with Crippen molar-refractivity contribution in [2.45, 2.75) is 20.3 Å². The van der Waals surface area contributed by atoms with E-state index in [1.807, 2.05) is 24.3 Å². The molecule has 0 spiro atoms. The molecule has 4 heteroatoms. The van der Waals surface area contributed by atoms with Crippen LogP contribution >= 0.6 is 15.9 Å². The lowest BCUT2D eigenvalue weighted by molar-refractivity contribution is 0.245. The van der Waals surface area contributed by atoms with E-state index in [9.17, 15) is 0 Å². The van der Waals surface area contributed by atoms with Crippen LogP contribution in [0.3, 0.4) is 0 Å². The lowest BCUT2D eigenvalue weighted by atomic mass is 10.1. The van der Waals surface area contributed by atoms with Crippen molar-refractivity contribution in [3.05, 3.63) is 52.0 Å². The average molecular weight is 365 g/mol. The third kappa shape index (κ3) is 4.67. The Morgan fingerprint density at radius 3 is 2.41 bits per heavy atom. The number of hydrogen-bond acceptors (Lipinski definition) is 3. The fourth-order valence-electron chi connectivity index (χ4n) is 2.20. The van der Waals surface area contributed by atoms with Crippen LogP contribution in [0, 0.1) is 13.8 Å². The van der Waals surface area contributed by atoms with Crippen LogP contribution in [-0.2, 0) is 0 Å². The Kier molecular flexibility index (Phi) is 6.13. The van der Waals surface area contributed by atoms with Gasteiger partial charge in [-0.2, -0.15) is 0 Å². The Labute approximate surface area is 140 Å². The zero-order valence-corrected chi connectivity index (χ0v) is 14.8. The topological polar surface area (TPSA) is 27.7 Å². The number of benzene rings is 2. The molecule has 0 fully saturated rings. The molecule has 0 aliphatic heterocycles. The Balaban J connectivity index is 1.78. The van der Waals surface area contributed by atoms with Gasteiger partial charge >= 0.3 is 0 Å². The summed E-state index contributed by atoms with van der Waals surface area (Å²) < 4.78 is 17.7. The smallest absolute Gasteiger partial charge is 0.136 e. The van der Waals surface area contributed by atoms with Crippen molar-refractivity contribution in [2.24, 2.45) is 0 Å². The first-order chi connectivity index (χ1) is 10.6. The van der Waals surface area contributed by atoms with Gasteiger partial charge in [0.1, 0.15) is 17.2 Å². The predicted octanol–water partition coefficient (Wildman–Crippen LogP) is 4.92. The van der Waals surface area contributed by atoms with Gasteiger partial charge in [-0.05, 0) is 59.1 Å². The third-order valence-corrected chi connectivity index (χ3v) is 3.81. The van der Waals surface area contributed by atoms with E-state index in [1.54, 1.807) is 7.11 Å². The summed E-state index contributed by atoms with van der Waals surface area (Å²) in [4.78, 5) is 0. The molecular formula is C18H21BrO3. The summed E-state index contributed by atoms with van der Waals surface area (Å²) in [5.41, 5.74) is 2.36. The maximum atomic E-state index is 5.85. The molecule has 22 heavy (non-hydrogen) atoms. The number of hydrogen-bond donors (Lipinski definition) is 0. The van der Waals surface area contributed by atoms with E-state index in [4.69, 9.17) is 14.2 Å². The van der Waals surface area contributed by atoms with Crippen LogP contribution in [0.15, 0.2) is 40.9 Å². The maximum Gasteiger partial charge on any atom is 0.136 e. The standard InChI is InChI=1S/C18H21BrO3/c1-13-10-14(2)18(17(19)11-13)22-9-5-8-21-16-7-4-6-15(12-16)20-3/h4,6-7,10-12H,5,8-9H2,1-3H3. The molecule has 0 amide bonds. The van der Waals surface area contributed by atoms with Crippen molar-refractivity contribution in [2.75, 3.05) is 20.3 Å². The first kappa shape index (κ1) is 16.7. The van der Waals surface area contributed by atoms with Crippen LogP contribution in [0.5, 0.6) is 17.2 Å².